The molecule has 3 aromatic rings. The molecule has 0 spiro atoms. The number of sulfone groups is 1. The first kappa shape index (κ1) is 22.8. The molecule has 10 heteroatoms. The predicted octanol–water partition coefficient (Wildman–Crippen LogP) is 4.49. The second-order valence-corrected chi connectivity index (χ2v) is 12.1. The smallest absolute Gasteiger partial charge is 0.243 e. The molecule has 7 nitrogen and oxygen atoms in total. The molecule has 0 atom stereocenters. The Kier molecular flexibility index (Phi) is 6.62. The Hall–Kier alpha value is -2.33. The molecule has 1 saturated heterocycles. The van der Waals surface area contributed by atoms with Crippen molar-refractivity contribution in [3.05, 3.63) is 77.7 Å². The van der Waals surface area contributed by atoms with Gasteiger partial charge in [0.2, 0.25) is 10.0 Å². The zero-order valence-electron chi connectivity index (χ0n) is 17.1. The highest BCUT2D eigenvalue weighted by Gasteiger charge is 2.35. The number of hydrogen-bond acceptors (Lipinski definition) is 6. The molecule has 2 aromatic carbocycles. The molecule has 0 N–H and O–H groups in total. The maximum Gasteiger partial charge on any atom is 0.243 e. The summed E-state index contributed by atoms with van der Waals surface area (Å²) in [4.78, 5) is 0.126. The van der Waals surface area contributed by atoms with Gasteiger partial charge in [-0.3, -0.25) is 0 Å². The Labute approximate surface area is 192 Å². The van der Waals surface area contributed by atoms with Gasteiger partial charge >= 0.3 is 0 Å². The van der Waals surface area contributed by atoms with E-state index in [1.807, 2.05) is 0 Å². The first-order valence-corrected chi connectivity index (χ1v) is 13.6. The number of furan rings is 1. The first-order chi connectivity index (χ1) is 15.3. The van der Waals surface area contributed by atoms with Gasteiger partial charge in [-0.05, 0) is 61.4 Å². The summed E-state index contributed by atoms with van der Waals surface area (Å²) in [6, 6.07) is 16.3. The number of para-hydroxylation sites is 1. The molecule has 2 heterocycles. The minimum Gasteiger partial charge on any atom is -0.468 e. The van der Waals surface area contributed by atoms with E-state index in [2.05, 4.69) is 0 Å². The van der Waals surface area contributed by atoms with Crippen molar-refractivity contribution in [2.24, 2.45) is 0 Å². The molecule has 0 bridgehead atoms. The van der Waals surface area contributed by atoms with Gasteiger partial charge in [0.1, 0.15) is 23.0 Å². The molecule has 1 aliphatic heterocycles. The van der Waals surface area contributed by atoms with Crippen molar-refractivity contribution in [3.63, 3.8) is 0 Å². The highest BCUT2D eigenvalue weighted by Crippen LogP contribution is 2.31. The van der Waals surface area contributed by atoms with Crippen LogP contribution in [0.1, 0.15) is 18.6 Å². The zero-order chi connectivity index (χ0) is 22.8. The highest BCUT2D eigenvalue weighted by molar-refractivity contribution is 7.91. The van der Waals surface area contributed by atoms with E-state index in [4.69, 9.17) is 20.8 Å². The Morgan fingerprint density at radius 1 is 0.938 bits per heavy atom. The van der Waals surface area contributed by atoms with Crippen LogP contribution in [0.5, 0.6) is 11.5 Å². The number of ether oxygens (including phenoxy) is 1. The van der Waals surface area contributed by atoms with Gasteiger partial charge in [-0.15, -0.1) is 0 Å². The standard InChI is InChI=1S/C22H22ClNO6S2/c23-21-5-1-2-6-22(21)30-17-7-9-20(10-8-17)32(27,28)24-13-11-19(12-14-24)31(25,26)16-18-4-3-15-29-18/h1-10,15,19H,11-14,16H2. The number of halogens is 1. The van der Waals surface area contributed by atoms with Crippen molar-refractivity contribution in [1.29, 1.82) is 0 Å². The number of piperidine rings is 1. The highest BCUT2D eigenvalue weighted by atomic mass is 35.5. The molecular weight excluding hydrogens is 474 g/mol. The Morgan fingerprint density at radius 2 is 1.62 bits per heavy atom. The monoisotopic (exact) mass is 495 g/mol. The summed E-state index contributed by atoms with van der Waals surface area (Å²) in [6.45, 7) is 0.282. The van der Waals surface area contributed by atoms with Gasteiger partial charge < -0.3 is 9.15 Å². The Balaban J connectivity index is 1.40. The molecule has 32 heavy (non-hydrogen) atoms. The SMILES string of the molecule is O=S(=O)(Cc1ccco1)C1CCN(S(=O)(=O)c2ccc(Oc3ccccc3Cl)cc2)CC1. The van der Waals surface area contributed by atoms with Crippen molar-refractivity contribution in [1.82, 2.24) is 4.31 Å². The minimum absolute atomic E-state index is 0.126. The van der Waals surface area contributed by atoms with Crippen molar-refractivity contribution in [2.45, 2.75) is 28.7 Å². The van der Waals surface area contributed by atoms with Gasteiger partial charge in [0.25, 0.3) is 0 Å². The number of benzene rings is 2. The van der Waals surface area contributed by atoms with E-state index in [0.29, 0.717) is 22.3 Å². The van der Waals surface area contributed by atoms with Crippen molar-refractivity contribution >= 4 is 31.5 Å². The van der Waals surface area contributed by atoms with Crippen LogP contribution in [0.3, 0.4) is 0 Å². The maximum atomic E-state index is 13.0. The summed E-state index contributed by atoms with van der Waals surface area (Å²) in [5.41, 5.74) is 0. The molecule has 0 radical (unpaired) electrons. The van der Waals surface area contributed by atoms with Crippen molar-refractivity contribution in [3.8, 4) is 11.5 Å². The average Bonchev–Trinajstić information content (AvgIpc) is 3.28. The maximum absolute atomic E-state index is 13.0. The summed E-state index contributed by atoms with van der Waals surface area (Å²) in [6.07, 6.45) is 1.93. The third-order valence-corrected chi connectivity index (χ3v) is 9.76. The Morgan fingerprint density at radius 3 is 2.25 bits per heavy atom. The third-order valence-electron chi connectivity index (χ3n) is 5.36. The van der Waals surface area contributed by atoms with Gasteiger partial charge in [-0.1, -0.05) is 23.7 Å². The molecule has 0 unspecified atom stereocenters. The van der Waals surface area contributed by atoms with Crippen LogP contribution < -0.4 is 4.74 Å². The average molecular weight is 496 g/mol. The number of sulfonamides is 1. The van der Waals surface area contributed by atoms with Gasteiger partial charge in [-0.25, -0.2) is 16.8 Å². The minimum atomic E-state index is -3.74. The number of hydrogen-bond donors (Lipinski definition) is 0. The molecule has 1 aliphatic rings. The van der Waals surface area contributed by atoms with E-state index >= 15 is 0 Å². The second kappa shape index (κ2) is 9.27. The fraction of sp³-hybridized carbons (Fsp3) is 0.273. The molecule has 1 fully saturated rings. The van der Waals surface area contributed by atoms with Crippen molar-refractivity contribution < 1.29 is 26.0 Å². The van der Waals surface area contributed by atoms with Crippen LogP contribution in [0.4, 0.5) is 0 Å². The fourth-order valence-corrected chi connectivity index (χ4v) is 7.00. The van der Waals surface area contributed by atoms with E-state index < -0.39 is 25.1 Å². The van der Waals surface area contributed by atoms with Crippen LogP contribution in [-0.4, -0.2) is 39.5 Å². The summed E-state index contributed by atoms with van der Waals surface area (Å²) < 4.78 is 63.5. The quantitative estimate of drug-likeness (QED) is 0.479. The van der Waals surface area contributed by atoms with E-state index in [9.17, 15) is 16.8 Å². The first-order valence-electron chi connectivity index (χ1n) is 10.0. The van der Waals surface area contributed by atoms with E-state index in [-0.39, 0.29) is 36.6 Å². The van der Waals surface area contributed by atoms with Gasteiger partial charge in [-0.2, -0.15) is 4.31 Å². The van der Waals surface area contributed by atoms with Crippen LogP contribution in [0, 0.1) is 0 Å². The second-order valence-electron chi connectivity index (χ2n) is 7.49. The van der Waals surface area contributed by atoms with Crippen LogP contribution in [-0.2, 0) is 25.6 Å². The molecule has 0 amide bonds. The molecular formula is C22H22ClNO6S2. The van der Waals surface area contributed by atoms with Crippen LogP contribution in [0.15, 0.2) is 76.2 Å². The zero-order valence-corrected chi connectivity index (χ0v) is 19.4. The van der Waals surface area contributed by atoms with Gasteiger partial charge in [0.15, 0.2) is 9.84 Å². The van der Waals surface area contributed by atoms with E-state index in [1.165, 1.54) is 22.7 Å². The lowest BCUT2D eigenvalue weighted by Crippen LogP contribution is -2.42. The number of rotatable bonds is 7. The van der Waals surface area contributed by atoms with E-state index in [1.54, 1.807) is 48.5 Å². The molecule has 0 aliphatic carbocycles. The third kappa shape index (κ3) is 5.01. The van der Waals surface area contributed by atoms with Crippen LogP contribution in [0.25, 0.3) is 0 Å². The molecule has 0 saturated carbocycles. The lowest BCUT2D eigenvalue weighted by Gasteiger charge is -2.30. The normalized spacial score (nSPS) is 16.2. The predicted molar refractivity (Wildman–Crippen MR) is 121 cm³/mol. The van der Waals surface area contributed by atoms with Gasteiger partial charge in [0.05, 0.1) is 21.4 Å². The van der Waals surface area contributed by atoms with Gasteiger partial charge in [0, 0.05) is 13.1 Å². The largest absolute Gasteiger partial charge is 0.468 e. The summed E-state index contributed by atoms with van der Waals surface area (Å²) in [7, 11) is -7.16. The lowest BCUT2D eigenvalue weighted by molar-refractivity contribution is 0.345. The lowest BCUT2D eigenvalue weighted by atomic mass is 10.2. The van der Waals surface area contributed by atoms with Crippen molar-refractivity contribution in [2.75, 3.05) is 13.1 Å². The Bertz CT molecular complexity index is 1260. The fourth-order valence-electron chi connectivity index (χ4n) is 3.63. The topological polar surface area (TPSA) is 93.9 Å². The summed E-state index contributed by atoms with van der Waals surface area (Å²) >= 11 is 6.09. The van der Waals surface area contributed by atoms with E-state index in [0.717, 1.165) is 0 Å². The molecule has 1 aromatic heterocycles. The van der Waals surface area contributed by atoms with Crippen LogP contribution >= 0.6 is 11.6 Å². The molecule has 170 valence electrons. The molecule has 4 rings (SSSR count). The summed E-state index contributed by atoms with van der Waals surface area (Å²) in [5.74, 6) is 1.14. The number of nitrogens with zero attached hydrogens (tertiary/aromatic N) is 1. The summed E-state index contributed by atoms with van der Waals surface area (Å²) in [5, 5.41) is -0.139. The van der Waals surface area contributed by atoms with Crippen LogP contribution in [0.2, 0.25) is 5.02 Å².